The van der Waals surface area contributed by atoms with E-state index in [4.69, 9.17) is 28.9 Å². The molecule has 0 bridgehead atoms. The monoisotopic (exact) mass is 298 g/mol. The van der Waals surface area contributed by atoms with Crippen molar-refractivity contribution in [3.63, 3.8) is 0 Å². The number of halogens is 2. The van der Waals surface area contributed by atoms with Gasteiger partial charge in [-0.05, 0) is 19.1 Å². The second-order valence-electron chi connectivity index (χ2n) is 3.83. The normalized spacial score (nSPS) is 11.3. The summed E-state index contributed by atoms with van der Waals surface area (Å²) in [6.07, 6.45) is 0. The van der Waals surface area contributed by atoms with Gasteiger partial charge >= 0.3 is 0 Å². The van der Waals surface area contributed by atoms with Crippen LogP contribution in [0.5, 0.6) is 0 Å². The Kier molecular flexibility index (Phi) is 2.69. The molecule has 0 amide bonds. The third-order valence-electron chi connectivity index (χ3n) is 2.48. The van der Waals surface area contributed by atoms with Crippen molar-refractivity contribution in [1.29, 1.82) is 0 Å². The van der Waals surface area contributed by atoms with Crippen molar-refractivity contribution in [2.24, 2.45) is 0 Å². The number of hydrogen-bond acceptors (Lipinski definition) is 4. The Morgan fingerprint density at radius 3 is 2.61 bits per heavy atom. The zero-order valence-corrected chi connectivity index (χ0v) is 11.6. The van der Waals surface area contributed by atoms with Crippen LogP contribution in [0.3, 0.4) is 0 Å². The largest absolute Gasteiger partial charge is 0.383 e. The number of aromatic nitrogens is 3. The van der Waals surface area contributed by atoms with Crippen LogP contribution in [0, 0.1) is 6.92 Å². The molecule has 0 atom stereocenters. The molecule has 0 unspecified atom stereocenters. The van der Waals surface area contributed by atoms with Gasteiger partial charge in [0.1, 0.15) is 11.3 Å². The van der Waals surface area contributed by atoms with Crippen LogP contribution in [0.25, 0.3) is 15.3 Å². The number of nitrogens with two attached hydrogens (primary N) is 1. The maximum atomic E-state index is 6.13. The van der Waals surface area contributed by atoms with E-state index >= 15 is 0 Å². The number of aryl methyl sites for hydroxylation is 1. The summed E-state index contributed by atoms with van der Waals surface area (Å²) in [6, 6.07) is 5.27. The molecule has 92 valence electrons. The average molecular weight is 299 g/mol. The minimum atomic E-state index is 0.541. The van der Waals surface area contributed by atoms with Crippen molar-refractivity contribution < 1.29 is 0 Å². The Bertz CT molecular complexity index is 708. The summed E-state index contributed by atoms with van der Waals surface area (Å²) >= 11 is 13.6. The van der Waals surface area contributed by atoms with E-state index in [9.17, 15) is 0 Å². The smallest absolute Gasteiger partial charge is 0.213 e. The van der Waals surface area contributed by atoms with E-state index in [2.05, 4.69) is 10.1 Å². The zero-order chi connectivity index (χ0) is 12.9. The molecule has 2 aromatic heterocycles. The number of thiazole rings is 1. The number of benzene rings is 1. The minimum Gasteiger partial charge on any atom is -0.383 e. The number of rotatable bonds is 1. The van der Waals surface area contributed by atoms with E-state index in [-0.39, 0.29) is 0 Å². The standard InChI is InChI=1S/C11H8Cl2N4S/c1-5-4-8(14)17(16-5)11-15-9-6(12)2-3-7(13)10(9)18-11/h2-4H,14H2,1H3. The molecule has 0 saturated heterocycles. The van der Waals surface area contributed by atoms with Crippen LogP contribution < -0.4 is 5.73 Å². The summed E-state index contributed by atoms with van der Waals surface area (Å²) in [5.74, 6) is 0.541. The van der Waals surface area contributed by atoms with Gasteiger partial charge in [0.15, 0.2) is 0 Å². The lowest BCUT2D eigenvalue weighted by atomic mass is 10.3. The van der Waals surface area contributed by atoms with Gasteiger partial charge < -0.3 is 5.73 Å². The number of fused-ring (bicyclic) bond motifs is 1. The first-order valence-electron chi connectivity index (χ1n) is 5.13. The summed E-state index contributed by atoms with van der Waals surface area (Å²) < 4.78 is 2.43. The van der Waals surface area contributed by atoms with Crippen LogP contribution >= 0.6 is 34.5 Å². The SMILES string of the molecule is Cc1cc(N)n(-c2nc3c(Cl)ccc(Cl)c3s2)n1. The summed E-state index contributed by atoms with van der Waals surface area (Å²) in [7, 11) is 0. The molecule has 3 rings (SSSR count). The van der Waals surface area contributed by atoms with Gasteiger partial charge in [-0.25, -0.2) is 4.98 Å². The first-order chi connectivity index (χ1) is 8.56. The van der Waals surface area contributed by atoms with Crippen molar-refractivity contribution in [2.45, 2.75) is 6.92 Å². The Morgan fingerprint density at radius 1 is 1.28 bits per heavy atom. The molecule has 0 radical (unpaired) electrons. The van der Waals surface area contributed by atoms with Gasteiger partial charge in [-0.15, -0.1) is 0 Å². The van der Waals surface area contributed by atoms with E-state index in [1.54, 1.807) is 22.9 Å². The highest BCUT2D eigenvalue weighted by molar-refractivity contribution is 7.21. The molecule has 2 heterocycles. The zero-order valence-electron chi connectivity index (χ0n) is 9.32. The molecule has 0 fully saturated rings. The van der Waals surface area contributed by atoms with Gasteiger partial charge in [0.25, 0.3) is 0 Å². The maximum Gasteiger partial charge on any atom is 0.213 e. The quantitative estimate of drug-likeness (QED) is 0.745. The molecule has 18 heavy (non-hydrogen) atoms. The molecule has 1 aromatic carbocycles. The van der Waals surface area contributed by atoms with Crippen LogP contribution in [0.4, 0.5) is 5.82 Å². The maximum absolute atomic E-state index is 6.13. The number of nitrogens with zero attached hydrogens (tertiary/aromatic N) is 3. The second-order valence-corrected chi connectivity index (χ2v) is 5.62. The van der Waals surface area contributed by atoms with Gasteiger partial charge in [-0.2, -0.15) is 9.78 Å². The number of nitrogen functional groups attached to an aromatic ring is 1. The summed E-state index contributed by atoms with van der Waals surface area (Å²) in [5, 5.41) is 6.14. The van der Waals surface area contributed by atoms with E-state index in [1.165, 1.54) is 11.3 Å². The number of anilines is 1. The molecule has 7 heteroatoms. The van der Waals surface area contributed by atoms with Crippen LogP contribution in [0.2, 0.25) is 10.0 Å². The topological polar surface area (TPSA) is 56.7 Å². The van der Waals surface area contributed by atoms with Gasteiger partial charge in [0, 0.05) is 6.07 Å². The molecule has 2 N–H and O–H groups in total. The molecule has 0 aliphatic carbocycles. The van der Waals surface area contributed by atoms with Crippen molar-refractivity contribution in [3.05, 3.63) is 33.9 Å². The fourth-order valence-corrected chi connectivity index (χ4v) is 3.19. The van der Waals surface area contributed by atoms with E-state index in [0.717, 1.165) is 10.4 Å². The lowest BCUT2D eigenvalue weighted by Gasteiger charge is -1.96. The molecule has 0 aliphatic heterocycles. The molecule has 0 spiro atoms. The predicted molar refractivity (Wildman–Crippen MR) is 75.9 cm³/mol. The molecule has 0 saturated carbocycles. The first kappa shape index (κ1) is 11.8. The Labute approximate surface area is 117 Å². The fourth-order valence-electron chi connectivity index (χ4n) is 1.70. The van der Waals surface area contributed by atoms with Crippen LogP contribution in [-0.2, 0) is 0 Å². The van der Waals surface area contributed by atoms with Crippen LogP contribution in [-0.4, -0.2) is 14.8 Å². The molecule has 0 aliphatic rings. The highest BCUT2D eigenvalue weighted by Gasteiger charge is 2.14. The summed E-state index contributed by atoms with van der Waals surface area (Å²) in [6.45, 7) is 1.88. The van der Waals surface area contributed by atoms with E-state index in [1.807, 2.05) is 6.92 Å². The third-order valence-corrected chi connectivity index (χ3v) is 4.27. The van der Waals surface area contributed by atoms with Crippen LogP contribution in [0.15, 0.2) is 18.2 Å². The Balaban J connectivity index is 2.29. The van der Waals surface area contributed by atoms with E-state index in [0.29, 0.717) is 26.5 Å². The molecule has 4 nitrogen and oxygen atoms in total. The highest BCUT2D eigenvalue weighted by Crippen LogP contribution is 2.35. The predicted octanol–water partition coefficient (Wildman–Crippen LogP) is 3.68. The minimum absolute atomic E-state index is 0.541. The Morgan fingerprint density at radius 2 is 2.00 bits per heavy atom. The van der Waals surface area contributed by atoms with Crippen molar-refractivity contribution in [1.82, 2.24) is 14.8 Å². The van der Waals surface area contributed by atoms with E-state index < -0.39 is 0 Å². The van der Waals surface area contributed by atoms with Gasteiger partial charge in [-0.3, -0.25) is 0 Å². The fraction of sp³-hybridized carbons (Fsp3) is 0.0909. The highest BCUT2D eigenvalue weighted by atomic mass is 35.5. The second kappa shape index (κ2) is 4.12. The molecular weight excluding hydrogens is 291 g/mol. The van der Waals surface area contributed by atoms with Crippen molar-refractivity contribution in [3.8, 4) is 5.13 Å². The lowest BCUT2D eigenvalue weighted by molar-refractivity contribution is 0.865. The molecule has 3 aromatic rings. The van der Waals surface area contributed by atoms with Gasteiger partial charge in [0.2, 0.25) is 5.13 Å². The van der Waals surface area contributed by atoms with Crippen molar-refractivity contribution >= 4 is 50.6 Å². The summed E-state index contributed by atoms with van der Waals surface area (Å²) in [5.41, 5.74) is 7.39. The summed E-state index contributed by atoms with van der Waals surface area (Å²) in [4.78, 5) is 4.44. The first-order valence-corrected chi connectivity index (χ1v) is 6.70. The van der Waals surface area contributed by atoms with Gasteiger partial charge in [-0.1, -0.05) is 34.5 Å². The molecular formula is C11H8Cl2N4S. The van der Waals surface area contributed by atoms with Crippen LogP contribution in [0.1, 0.15) is 5.69 Å². The Hall–Kier alpha value is -1.30. The third kappa shape index (κ3) is 1.75. The van der Waals surface area contributed by atoms with Gasteiger partial charge in [0.05, 0.1) is 20.4 Å². The van der Waals surface area contributed by atoms with Crippen molar-refractivity contribution in [2.75, 3.05) is 5.73 Å². The number of hydrogen-bond donors (Lipinski definition) is 1. The lowest BCUT2D eigenvalue weighted by Crippen LogP contribution is -2.00. The average Bonchev–Trinajstić information content (AvgIpc) is 2.88.